The molecule has 0 saturated carbocycles. The average Bonchev–Trinajstić information content (AvgIpc) is 2.79. The fourth-order valence-corrected chi connectivity index (χ4v) is 5.23. The topological polar surface area (TPSA) is 70.2 Å². The van der Waals surface area contributed by atoms with Gasteiger partial charge in [-0.1, -0.05) is 12.1 Å². The van der Waals surface area contributed by atoms with E-state index >= 15 is 0 Å². The lowest BCUT2D eigenvalue weighted by Crippen LogP contribution is -2.50. The van der Waals surface area contributed by atoms with Crippen LogP contribution in [-0.2, 0) is 14.8 Å². The van der Waals surface area contributed by atoms with E-state index in [1.165, 1.54) is 22.5 Å². The Balaban J connectivity index is 1.39. The predicted octanol–water partition coefficient (Wildman–Crippen LogP) is 1.81. The van der Waals surface area contributed by atoms with Crippen LogP contribution in [-0.4, -0.2) is 76.0 Å². The van der Waals surface area contributed by atoms with Crippen molar-refractivity contribution in [1.82, 2.24) is 9.21 Å². The van der Waals surface area contributed by atoms with Crippen molar-refractivity contribution in [3.05, 3.63) is 59.9 Å². The first kappa shape index (κ1) is 20.8. The molecule has 2 heterocycles. The number of halogens is 1. The summed E-state index contributed by atoms with van der Waals surface area (Å²) in [5, 5.41) is 0. The first-order chi connectivity index (χ1) is 14.5. The highest BCUT2D eigenvalue weighted by Gasteiger charge is 2.32. The Morgan fingerprint density at radius 1 is 0.867 bits per heavy atom. The Hall–Kier alpha value is -2.49. The van der Waals surface area contributed by atoms with Gasteiger partial charge < -0.3 is 14.5 Å². The lowest BCUT2D eigenvalue weighted by molar-refractivity contribution is 0.0697. The lowest BCUT2D eigenvalue weighted by atomic mass is 10.1. The van der Waals surface area contributed by atoms with Crippen LogP contribution in [0.5, 0.6) is 0 Å². The van der Waals surface area contributed by atoms with Gasteiger partial charge in [-0.25, -0.2) is 12.8 Å². The standard InChI is InChI=1S/C21H24FN3O4S/c22-19-3-1-2-4-20(19)30(27,28)25-11-9-24(10-12-25)21(26)17-5-7-18(8-6-17)23-13-15-29-16-14-23/h1-8H,9-16H2. The van der Waals surface area contributed by atoms with E-state index in [9.17, 15) is 17.6 Å². The fourth-order valence-electron chi connectivity index (χ4n) is 3.74. The van der Waals surface area contributed by atoms with Crippen molar-refractivity contribution in [2.75, 3.05) is 57.4 Å². The smallest absolute Gasteiger partial charge is 0.253 e. The van der Waals surface area contributed by atoms with Crippen LogP contribution in [0.25, 0.3) is 0 Å². The SMILES string of the molecule is O=C(c1ccc(N2CCOCC2)cc1)N1CCN(S(=O)(=O)c2ccccc2F)CC1. The van der Waals surface area contributed by atoms with Gasteiger partial charge in [0.1, 0.15) is 10.7 Å². The number of morpholine rings is 1. The number of piperazine rings is 1. The summed E-state index contributed by atoms with van der Waals surface area (Å²) in [5.74, 6) is -0.900. The monoisotopic (exact) mass is 433 g/mol. The molecule has 2 aromatic carbocycles. The van der Waals surface area contributed by atoms with Gasteiger partial charge in [0, 0.05) is 50.5 Å². The van der Waals surface area contributed by atoms with Crippen molar-refractivity contribution >= 4 is 21.6 Å². The molecule has 2 fully saturated rings. The molecule has 1 amide bonds. The van der Waals surface area contributed by atoms with E-state index in [2.05, 4.69) is 4.90 Å². The molecule has 0 aromatic heterocycles. The van der Waals surface area contributed by atoms with Crippen molar-refractivity contribution < 1.29 is 22.3 Å². The van der Waals surface area contributed by atoms with Crippen molar-refractivity contribution in [2.45, 2.75) is 4.90 Å². The summed E-state index contributed by atoms with van der Waals surface area (Å²) in [7, 11) is -3.92. The molecule has 7 nitrogen and oxygen atoms in total. The van der Waals surface area contributed by atoms with Crippen LogP contribution in [0.4, 0.5) is 10.1 Å². The van der Waals surface area contributed by atoms with Gasteiger partial charge in [-0.2, -0.15) is 4.31 Å². The van der Waals surface area contributed by atoms with E-state index in [4.69, 9.17) is 4.74 Å². The van der Waals surface area contributed by atoms with Gasteiger partial charge in [0.15, 0.2) is 0 Å². The summed E-state index contributed by atoms with van der Waals surface area (Å²) < 4.78 is 46.0. The minimum absolute atomic E-state index is 0.133. The Morgan fingerprint density at radius 2 is 1.50 bits per heavy atom. The normalized spacial score (nSPS) is 18.4. The Morgan fingerprint density at radius 3 is 2.13 bits per heavy atom. The highest BCUT2D eigenvalue weighted by Crippen LogP contribution is 2.22. The molecule has 2 aromatic rings. The number of nitrogens with zero attached hydrogens (tertiary/aromatic N) is 3. The van der Waals surface area contributed by atoms with Gasteiger partial charge in [-0.05, 0) is 36.4 Å². The zero-order valence-electron chi connectivity index (χ0n) is 16.5. The molecule has 4 rings (SSSR count). The number of ether oxygens (including phenoxy) is 1. The molecule has 160 valence electrons. The third kappa shape index (κ3) is 4.19. The van der Waals surface area contributed by atoms with Crippen LogP contribution in [0, 0.1) is 5.82 Å². The second-order valence-corrected chi connectivity index (χ2v) is 9.18. The van der Waals surface area contributed by atoms with Gasteiger partial charge in [0.25, 0.3) is 5.91 Å². The fraction of sp³-hybridized carbons (Fsp3) is 0.381. The summed E-state index contributed by atoms with van der Waals surface area (Å²) in [6.45, 7) is 3.83. The second-order valence-electron chi connectivity index (χ2n) is 7.27. The average molecular weight is 434 g/mol. The zero-order chi connectivity index (χ0) is 21.1. The van der Waals surface area contributed by atoms with Crippen LogP contribution >= 0.6 is 0 Å². The largest absolute Gasteiger partial charge is 0.378 e. The number of sulfonamides is 1. The summed E-state index contributed by atoms with van der Waals surface area (Å²) in [4.78, 5) is 16.4. The Kier molecular flexibility index (Phi) is 6.03. The highest BCUT2D eigenvalue weighted by atomic mass is 32.2. The number of amides is 1. The quantitative estimate of drug-likeness (QED) is 0.736. The molecule has 2 aliphatic heterocycles. The molecule has 30 heavy (non-hydrogen) atoms. The number of carbonyl (C=O) groups excluding carboxylic acids is 1. The number of carbonyl (C=O) groups is 1. The number of hydrogen-bond acceptors (Lipinski definition) is 5. The molecular weight excluding hydrogens is 409 g/mol. The summed E-state index contributed by atoms with van der Waals surface area (Å²) in [6, 6.07) is 12.8. The third-order valence-electron chi connectivity index (χ3n) is 5.47. The molecule has 2 saturated heterocycles. The van der Waals surface area contributed by atoms with Gasteiger partial charge in [-0.15, -0.1) is 0 Å². The minimum Gasteiger partial charge on any atom is -0.378 e. The van der Waals surface area contributed by atoms with E-state index in [0.717, 1.165) is 24.8 Å². The lowest BCUT2D eigenvalue weighted by Gasteiger charge is -2.34. The van der Waals surface area contributed by atoms with Gasteiger partial charge in [0.05, 0.1) is 13.2 Å². The van der Waals surface area contributed by atoms with E-state index in [-0.39, 0.29) is 37.0 Å². The van der Waals surface area contributed by atoms with E-state index in [1.54, 1.807) is 17.0 Å². The Labute approximate surface area is 175 Å². The molecular formula is C21H24FN3O4S. The Bertz CT molecular complexity index is 999. The first-order valence-corrected chi connectivity index (χ1v) is 11.4. The van der Waals surface area contributed by atoms with Crippen molar-refractivity contribution in [3.8, 4) is 0 Å². The number of rotatable bonds is 4. The molecule has 0 N–H and O–H groups in total. The molecule has 0 atom stereocenters. The third-order valence-corrected chi connectivity index (χ3v) is 7.40. The summed E-state index contributed by atoms with van der Waals surface area (Å²) in [6.07, 6.45) is 0. The van der Waals surface area contributed by atoms with Crippen LogP contribution in [0.1, 0.15) is 10.4 Å². The number of benzene rings is 2. The molecule has 0 radical (unpaired) electrons. The van der Waals surface area contributed by atoms with Crippen LogP contribution in [0.2, 0.25) is 0 Å². The molecule has 0 spiro atoms. The second kappa shape index (κ2) is 8.71. The number of hydrogen-bond donors (Lipinski definition) is 0. The summed E-state index contributed by atoms with van der Waals surface area (Å²) in [5.41, 5.74) is 1.62. The van der Waals surface area contributed by atoms with E-state index < -0.39 is 15.8 Å². The van der Waals surface area contributed by atoms with Gasteiger partial charge >= 0.3 is 0 Å². The molecule has 9 heteroatoms. The maximum absolute atomic E-state index is 14.0. The minimum atomic E-state index is -3.92. The van der Waals surface area contributed by atoms with Crippen molar-refractivity contribution in [1.29, 1.82) is 0 Å². The van der Waals surface area contributed by atoms with Crippen LogP contribution in [0.3, 0.4) is 0 Å². The van der Waals surface area contributed by atoms with Crippen molar-refractivity contribution in [3.63, 3.8) is 0 Å². The molecule has 0 bridgehead atoms. The first-order valence-electron chi connectivity index (χ1n) is 9.93. The van der Waals surface area contributed by atoms with E-state index in [1.807, 2.05) is 12.1 Å². The van der Waals surface area contributed by atoms with Crippen molar-refractivity contribution in [2.24, 2.45) is 0 Å². The van der Waals surface area contributed by atoms with Crippen LogP contribution in [0.15, 0.2) is 53.4 Å². The maximum atomic E-state index is 14.0. The highest BCUT2D eigenvalue weighted by molar-refractivity contribution is 7.89. The molecule has 0 unspecified atom stereocenters. The zero-order valence-corrected chi connectivity index (χ0v) is 17.4. The molecule has 0 aliphatic carbocycles. The number of anilines is 1. The predicted molar refractivity (Wildman–Crippen MR) is 111 cm³/mol. The van der Waals surface area contributed by atoms with E-state index in [0.29, 0.717) is 18.8 Å². The van der Waals surface area contributed by atoms with Gasteiger partial charge in [0.2, 0.25) is 10.0 Å². The van der Waals surface area contributed by atoms with Crippen LogP contribution < -0.4 is 4.90 Å². The summed E-state index contributed by atoms with van der Waals surface area (Å²) >= 11 is 0. The van der Waals surface area contributed by atoms with Gasteiger partial charge in [-0.3, -0.25) is 4.79 Å². The maximum Gasteiger partial charge on any atom is 0.253 e. The molecule has 2 aliphatic rings.